The highest BCUT2D eigenvalue weighted by molar-refractivity contribution is 9.11. The summed E-state index contributed by atoms with van der Waals surface area (Å²) in [6.07, 6.45) is 0.486. The first kappa shape index (κ1) is 16.5. The summed E-state index contributed by atoms with van der Waals surface area (Å²) in [5.74, 6) is -0.274. The van der Waals surface area contributed by atoms with E-state index in [4.69, 9.17) is 11.6 Å². The van der Waals surface area contributed by atoms with Crippen molar-refractivity contribution in [2.24, 2.45) is 0 Å². The van der Waals surface area contributed by atoms with Crippen molar-refractivity contribution in [3.63, 3.8) is 0 Å². The molecule has 0 amide bonds. The molecule has 5 heteroatoms. The van der Waals surface area contributed by atoms with E-state index in [1.54, 1.807) is 12.1 Å². The molecule has 2 rings (SSSR count). The van der Waals surface area contributed by atoms with Crippen LogP contribution in [-0.4, -0.2) is 0 Å². The summed E-state index contributed by atoms with van der Waals surface area (Å²) in [6, 6.07) is 8.83. The van der Waals surface area contributed by atoms with Crippen molar-refractivity contribution in [2.75, 3.05) is 0 Å². The van der Waals surface area contributed by atoms with Gasteiger partial charge in [0, 0.05) is 24.4 Å². The zero-order chi connectivity index (χ0) is 14.9. The highest BCUT2D eigenvalue weighted by Gasteiger charge is 2.17. The van der Waals surface area contributed by atoms with E-state index in [9.17, 15) is 4.39 Å². The fraction of sp³-hybridized carbons (Fsp3) is 0.200. The van der Waals surface area contributed by atoms with Gasteiger partial charge in [-0.05, 0) is 48.7 Å². The van der Waals surface area contributed by atoms with Gasteiger partial charge in [-0.15, -0.1) is 0 Å². The SMILES string of the molecule is Cc1cc(Br)c(C(Br)Cc2c(F)cccc2Cl)cc1Br. The van der Waals surface area contributed by atoms with E-state index in [1.807, 2.05) is 19.1 Å². The molecule has 1 atom stereocenters. The molecule has 0 aromatic heterocycles. The molecule has 0 N–H and O–H groups in total. The maximum absolute atomic E-state index is 13.8. The Hall–Kier alpha value is 0.1000. The van der Waals surface area contributed by atoms with E-state index in [2.05, 4.69) is 47.8 Å². The number of rotatable bonds is 3. The lowest BCUT2D eigenvalue weighted by atomic mass is 10.0. The summed E-state index contributed by atoms with van der Waals surface area (Å²) >= 11 is 16.8. The van der Waals surface area contributed by atoms with E-state index in [0.717, 1.165) is 20.1 Å². The molecule has 20 heavy (non-hydrogen) atoms. The van der Waals surface area contributed by atoms with Gasteiger partial charge in [0.05, 0.1) is 0 Å². The first-order chi connectivity index (χ1) is 9.40. The van der Waals surface area contributed by atoms with Gasteiger partial charge in [-0.2, -0.15) is 0 Å². The van der Waals surface area contributed by atoms with Gasteiger partial charge in [0.2, 0.25) is 0 Å². The van der Waals surface area contributed by atoms with Crippen LogP contribution in [0.1, 0.15) is 21.5 Å². The minimum atomic E-state index is -0.274. The van der Waals surface area contributed by atoms with Crippen molar-refractivity contribution >= 4 is 59.4 Å². The predicted octanol–water partition coefficient (Wildman–Crippen LogP) is 6.99. The molecule has 0 aliphatic rings. The molecule has 2 aromatic carbocycles. The van der Waals surface area contributed by atoms with E-state index in [-0.39, 0.29) is 10.6 Å². The highest BCUT2D eigenvalue weighted by atomic mass is 79.9. The van der Waals surface area contributed by atoms with Crippen LogP contribution in [0.4, 0.5) is 4.39 Å². The molecule has 0 aliphatic carbocycles. The molecule has 106 valence electrons. The molecule has 0 saturated heterocycles. The first-order valence-corrected chi connectivity index (χ1v) is 8.80. The Kier molecular flexibility index (Phi) is 5.69. The lowest BCUT2D eigenvalue weighted by molar-refractivity contribution is 0.608. The van der Waals surface area contributed by atoms with Gasteiger partial charge in [0.15, 0.2) is 0 Å². The minimum absolute atomic E-state index is 0.0248. The molecule has 0 nitrogen and oxygen atoms in total. The molecule has 0 fully saturated rings. The Morgan fingerprint density at radius 1 is 1.20 bits per heavy atom. The van der Waals surface area contributed by atoms with Gasteiger partial charge >= 0.3 is 0 Å². The van der Waals surface area contributed by atoms with Gasteiger partial charge in [0.25, 0.3) is 0 Å². The van der Waals surface area contributed by atoms with Crippen LogP contribution in [0, 0.1) is 12.7 Å². The molecule has 0 spiro atoms. The summed E-state index contributed by atoms with van der Waals surface area (Å²) in [7, 11) is 0. The molecular formula is C15H11Br3ClF. The Bertz CT molecular complexity index is 623. The second-order valence-corrected chi connectivity index (χ2v) is 7.72. The first-order valence-electron chi connectivity index (χ1n) is 5.92. The Labute approximate surface area is 148 Å². The Balaban J connectivity index is 2.33. The largest absolute Gasteiger partial charge is 0.207 e. The van der Waals surface area contributed by atoms with E-state index in [1.165, 1.54) is 6.07 Å². The number of halogens is 5. The highest BCUT2D eigenvalue weighted by Crippen LogP contribution is 2.37. The van der Waals surface area contributed by atoms with Crippen molar-refractivity contribution in [1.29, 1.82) is 0 Å². The maximum atomic E-state index is 13.8. The van der Waals surface area contributed by atoms with Crippen LogP contribution in [-0.2, 0) is 6.42 Å². The molecular weight excluding hydrogens is 474 g/mol. The third-order valence-corrected chi connectivity index (χ3v) is 5.77. The van der Waals surface area contributed by atoms with Crippen LogP contribution >= 0.6 is 59.4 Å². The van der Waals surface area contributed by atoms with Crippen molar-refractivity contribution in [3.8, 4) is 0 Å². The fourth-order valence-electron chi connectivity index (χ4n) is 1.92. The summed E-state index contributed by atoms with van der Waals surface area (Å²) in [6.45, 7) is 2.02. The number of alkyl halides is 1. The summed E-state index contributed by atoms with van der Waals surface area (Å²) in [5, 5.41) is 0.455. The molecule has 0 aliphatic heterocycles. The number of hydrogen-bond donors (Lipinski definition) is 0. The maximum Gasteiger partial charge on any atom is 0.127 e. The number of aryl methyl sites for hydroxylation is 1. The van der Waals surface area contributed by atoms with Crippen LogP contribution in [0.2, 0.25) is 5.02 Å². The molecule has 1 unspecified atom stereocenters. The van der Waals surface area contributed by atoms with Crippen LogP contribution in [0.5, 0.6) is 0 Å². The quantitative estimate of drug-likeness (QED) is 0.411. The van der Waals surface area contributed by atoms with Crippen LogP contribution < -0.4 is 0 Å². The zero-order valence-electron chi connectivity index (χ0n) is 10.6. The van der Waals surface area contributed by atoms with Crippen molar-refractivity contribution < 1.29 is 4.39 Å². The Morgan fingerprint density at radius 3 is 2.55 bits per heavy atom. The smallest absolute Gasteiger partial charge is 0.127 e. The molecule has 2 aromatic rings. The molecule has 0 bridgehead atoms. The minimum Gasteiger partial charge on any atom is -0.207 e. The third kappa shape index (κ3) is 3.65. The monoisotopic (exact) mass is 482 g/mol. The molecule has 0 saturated carbocycles. The van der Waals surface area contributed by atoms with Gasteiger partial charge < -0.3 is 0 Å². The van der Waals surface area contributed by atoms with Crippen molar-refractivity contribution in [3.05, 3.63) is 66.8 Å². The summed E-state index contributed by atoms with van der Waals surface area (Å²) in [5.41, 5.74) is 2.73. The second-order valence-electron chi connectivity index (χ2n) is 4.49. The van der Waals surface area contributed by atoms with Crippen LogP contribution in [0.15, 0.2) is 39.3 Å². The van der Waals surface area contributed by atoms with E-state index in [0.29, 0.717) is 17.0 Å². The van der Waals surface area contributed by atoms with Crippen molar-refractivity contribution in [2.45, 2.75) is 18.2 Å². The predicted molar refractivity (Wildman–Crippen MR) is 93.4 cm³/mol. The average molecular weight is 485 g/mol. The zero-order valence-corrected chi connectivity index (χ0v) is 16.1. The Morgan fingerprint density at radius 2 is 1.90 bits per heavy atom. The molecule has 0 radical (unpaired) electrons. The van der Waals surface area contributed by atoms with Gasteiger partial charge in [-0.25, -0.2) is 4.39 Å². The summed E-state index contributed by atoms with van der Waals surface area (Å²) in [4.78, 5) is -0.0248. The lowest BCUT2D eigenvalue weighted by Crippen LogP contribution is -2.00. The van der Waals surface area contributed by atoms with Gasteiger partial charge in [-0.1, -0.05) is 65.5 Å². The summed E-state index contributed by atoms with van der Waals surface area (Å²) < 4.78 is 15.9. The second kappa shape index (κ2) is 6.91. The van der Waals surface area contributed by atoms with E-state index < -0.39 is 0 Å². The fourth-order valence-corrected chi connectivity index (χ4v) is 4.26. The van der Waals surface area contributed by atoms with Gasteiger partial charge in [-0.3, -0.25) is 0 Å². The van der Waals surface area contributed by atoms with E-state index >= 15 is 0 Å². The number of benzene rings is 2. The third-order valence-electron chi connectivity index (χ3n) is 3.06. The standard InChI is InChI=1S/C15H11Br3ClF/c1-8-5-12(17)9(6-11(8)16)13(18)7-10-14(19)3-2-4-15(10)20/h2-6,13H,7H2,1H3. The lowest BCUT2D eigenvalue weighted by Gasteiger charge is -2.15. The topological polar surface area (TPSA) is 0 Å². The molecule has 0 heterocycles. The normalized spacial score (nSPS) is 12.5. The van der Waals surface area contributed by atoms with Crippen LogP contribution in [0.25, 0.3) is 0 Å². The number of hydrogen-bond acceptors (Lipinski definition) is 0. The van der Waals surface area contributed by atoms with Crippen molar-refractivity contribution in [1.82, 2.24) is 0 Å². The average Bonchev–Trinajstić information content (AvgIpc) is 2.38. The van der Waals surface area contributed by atoms with Gasteiger partial charge in [0.1, 0.15) is 5.82 Å². The van der Waals surface area contributed by atoms with Crippen LogP contribution in [0.3, 0.4) is 0 Å².